The minimum absolute atomic E-state index is 0.0881. The molecule has 17 heavy (non-hydrogen) atoms. The number of carbonyl (C=O) groups excluding carboxylic acids is 2. The predicted molar refractivity (Wildman–Crippen MR) is 60.0 cm³/mol. The first kappa shape index (κ1) is 13.2. The molecule has 1 amide bonds. The monoisotopic (exact) mass is 239 g/mol. The highest BCUT2D eigenvalue weighted by atomic mass is 19.1. The van der Waals surface area contributed by atoms with Gasteiger partial charge in [-0.05, 0) is 18.6 Å². The van der Waals surface area contributed by atoms with Crippen LogP contribution in [-0.4, -0.2) is 25.0 Å². The average Bonchev–Trinajstić information content (AvgIpc) is 2.35. The van der Waals surface area contributed by atoms with Gasteiger partial charge in [0.15, 0.2) is 0 Å². The number of rotatable bonds is 4. The van der Waals surface area contributed by atoms with Crippen molar-refractivity contribution in [2.75, 3.05) is 7.11 Å². The van der Waals surface area contributed by atoms with E-state index in [9.17, 15) is 14.0 Å². The molecule has 0 aliphatic heterocycles. The van der Waals surface area contributed by atoms with Gasteiger partial charge in [0.2, 0.25) is 0 Å². The quantitative estimate of drug-likeness (QED) is 0.810. The fourth-order valence-electron chi connectivity index (χ4n) is 1.35. The highest BCUT2D eigenvalue weighted by Gasteiger charge is 2.21. The molecule has 0 fully saturated rings. The minimum atomic E-state index is -0.757. The number of carbonyl (C=O) groups is 2. The van der Waals surface area contributed by atoms with Gasteiger partial charge in [-0.25, -0.2) is 9.18 Å². The van der Waals surface area contributed by atoms with Gasteiger partial charge in [0.1, 0.15) is 11.9 Å². The maximum absolute atomic E-state index is 13.3. The van der Waals surface area contributed by atoms with Gasteiger partial charge >= 0.3 is 5.97 Å². The lowest BCUT2D eigenvalue weighted by Gasteiger charge is -2.14. The lowest BCUT2D eigenvalue weighted by Crippen LogP contribution is -2.41. The Bertz CT molecular complexity index is 420. The van der Waals surface area contributed by atoms with Crippen LogP contribution in [0.5, 0.6) is 0 Å². The second-order valence-electron chi connectivity index (χ2n) is 3.44. The number of nitrogens with one attached hydrogen (secondary N) is 1. The molecule has 0 spiro atoms. The van der Waals surface area contributed by atoms with Gasteiger partial charge in [0, 0.05) is 0 Å². The fraction of sp³-hybridized carbons (Fsp3) is 0.333. The summed E-state index contributed by atoms with van der Waals surface area (Å²) in [7, 11) is 1.24. The molecular formula is C12H14FNO3. The van der Waals surface area contributed by atoms with E-state index in [-0.39, 0.29) is 5.56 Å². The third kappa shape index (κ3) is 3.27. The summed E-state index contributed by atoms with van der Waals surface area (Å²) in [6, 6.07) is 4.83. The van der Waals surface area contributed by atoms with Crippen LogP contribution in [0.25, 0.3) is 0 Å². The predicted octanol–water partition coefficient (Wildman–Crippen LogP) is 1.51. The van der Waals surface area contributed by atoms with Crippen LogP contribution in [0.3, 0.4) is 0 Å². The van der Waals surface area contributed by atoms with Gasteiger partial charge in [-0.1, -0.05) is 19.1 Å². The minimum Gasteiger partial charge on any atom is -0.467 e. The Hall–Kier alpha value is -1.91. The molecule has 0 radical (unpaired) electrons. The van der Waals surface area contributed by atoms with Crippen molar-refractivity contribution in [1.82, 2.24) is 5.32 Å². The number of ether oxygens (including phenoxy) is 1. The Morgan fingerprint density at radius 3 is 2.59 bits per heavy atom. The molecule has 0 aliphatic carbocycles. The van der Waals surface area contributed by atoms with Gasteiger partial charge in [-0.2, -0.15) is 0 Å². The van der Waals surface area contributed by atoms with Gasteiger partial charge in [-0.3, -0.25) is 4.79 Å². The zero-order valence-corrected chi connectivity index (χ0v) is 9.70. The van der Waals surface area contributed by atoms with Crippen LogP contribution in [0, 0.1) is 5.82 Å². The maximum Gasteiger partial charge on any atom is 0.328 e. The largest absolute Gasteiger partial charge is 0.467 e. The van der Waals surface area contributed by atoms with Crippen LogP contribution < -0.4 is 5.32 Å². The molecule has 1 rings (SSSR count). The second-order valence-corrected chi connectivity index (χ2v) is 3.44. The summed E-state index contributed by atoms with van der Waals surface area (Å²) in [5.41, 5.74) is -0.0881. The third-order valence-electron chi connectivity index (χ3n) is 2.32. The number of halogens is 1. The van der Waals surface area contributed by atoms with Crippen LogP contribution in [0.4, 0.5) is 4.39 Å². The van der Waals surface area contributed by atoms with Crippen molar-refractivity contribution in [3.05, 3.63) is 35.6 Å². The molecule has 0 heterocycles. The first-order valence-corrected chi connectivity index (χ1v) is 5.23. The van der Waals surface area contributed by atoms with E-state index in [4.69, 9.17) is 0 Å². The number of esters is 1. The van der Waals surface area contributed by atoms with Gasteiger partial charge < -0.3 is 10.1 Å². The van der Waals surface area contributed by atoms with E-state index in [2.05, 4.69) is 10.1 Å². The van der Waals surface area contributed by atoms with E-state index in [0.29, 0.717) is 6.42 Å². The standard InChI is InChI=1S/C12H14FNO3/c1-3-10(12(16)17-2)14-11(15)8-6-4-5-7-9(8)13/h4-7,10H,3H2,1-2H3,(H,14,15)/t10-/m0/s1. The number of methoxy groups -OCH3 is 1. The molecule has 0 saturated carbocycles. The molecule has 5 heteroatoms. The number of hydrogen-bond donors (Lipinski definition) is 1. The van der Waals surface area contributed by atoms with E-state index in [0.717, 1.165) is 0 Å². The molecule has 1 N–H and O–H groups in total. The SMILES string of the molecule is CC[C@H](NC(=O)c1ccccc1F)C(=O)OC. The van der Waals surface area contributed by atoms with Crippen LogP contribution >= 0.6 is 0 Å². The molecule has 0 aromatic heterocycles. The number of benzene rings is 1. The first-order valence-electron chi connectivity index (χ1n) is 5.23. The summed E-state index contributed by atoms with van der Waals surface area (Å²) >= 11 is 0. The lowest BCUT2D eigenvalue weighted by atomic mass is 10.1. The maximum atomic E-state index is 13.3. The van der Waals surface area contributed by atoms with E-state index in [1.165, 1.54) is 25.3 Å². The Kier molecular flexibility index (Phi) is 4.63. The highest BCUT2D eigenvalue weighted by Crippen LogP contribution is 2.07. The summed E-state index contributed by atoms with van der Waals surface area (Å²) in [5.74, 6) is -1.79. The summed E-state index contributed by atoms with van der Waals surface area (Å²) in [6.07, 6.45) is 0.382. The first-order chi connectivity index (χ1) is 8.10. The molecule has 0 bridgehead atoms. The zero-order chi connectivity index (χ0) is 12.8. The van der Waals surface area contributed by atoms with E-state index in [1.807, 2.05) is 0 Å². The Balaban J connectivity index is 2.78. The molecule has 4 nitrogen and oxygen atoms in total. The molecule has 1 atom stereocenters. The fourth-order valence-corrected chi connectivity index (χ4v) is 1.35. The number of amides is 1. The van der Waals surface area contributed by atoms with Crippen LogP contribution in [0.15, 0.2) is 24.3 Å². The normalized spacial score (nSPS) is 11.7. The number of hydrogen-bond acceptors (Lipinski definition) is 3. The van der Waals surface area contributed by atoms with E-state index >= 15 is 0 Å². The van der Waals surface area contributed by atoms with Crippen molar-refractivity contribution < 1.29 is 18.7 Å². The summed E-state index contributed by atoms with van der Waals surface area (Å²) in [4.78, 5) is 23.0. The van der Waals surface area contributed by atoms with Crippen molar-refractivity contribution in [3.63, 3.8) is 0 Å². The smallest absolute Gasteiger partial charge is 0.328 e. The molecule has 92 valence electrons. The van der Waals surface area contributed by atoms with Gasteiger partial charge in [0.25, 0.3) is 5.91 Å². The molecular weight excluding hydrogens is 225 g/mol. The lowest BCUT2D eigenvalue weighted by molar-refractivity contribution is -0.142. The Labute approximate surface area is 98.8 Å². The van der Waals surface area contributed by atoms with Crippen LogP contribution in [0.2, 0.25) is 0 Å². The van der Waals surface area contributed by atoms with Crippen molar-refractivity contribution in [3.8, 4) is 0 Å². The van der Waals surface area contributed by atoms with Crippen molar-refractivity contribution in [2.24, 2.45) is 0 Å². The molecule has 0 aliphatic rings. The topological polar surface area (TPSA) is 55.4 Å². The molecule has 0 saturated heterocycles. The molecule has 1 aromatic rings. The van der Waals surface area contributed by atoms with Crippen LogP contribution in [0.1, 0.15) is 23.7 Å². The highest BCUT2D eigenvalue weighted by molar-refractivity contribution is 5.96. The van der Waals surface area contributed by atoms with Crippen molar-refractivity contribution in [2.45, 2.75) is 19.4 Å². The summed E-state index contributed by atoms with van der Waals surface area (Å²) in [6.45, 7) is 1.73. The van der Waals surface area contributed by atoms with Crippen LogP contribution in [-0.2, 0) is 9.53 Å². The second kappa shape index (κ2) is 5.98. The van der Waals surface area contributed by atoms with Gasteiger partial charge in [0.05, 0.1) is 12.7 Å². The van der Waals surface area contributed by atoms with E-state index < -0.39 is 23.7 Å². The van der Waals surface area contributed by atoms with Crippen molar-refractivity contribution >= 4 is 11.9 Å². The molecule has 0 unspecified atom stereocenters. The summed E-state index contributed by atoms with van der Waals surface area (Å²) in [5, 5.41) is 2.42. The summed E-state index contributed by atoms with van der Waals surface area (Å²) < 4.78 is 17.8. The Morgan fingerprint density at radius 1 is 1.41 bits per heavy atom. The molecule has 1 aromatic carbocycles. The zero-order valence-electron chi connectivity index (χ0n) is 9.70. The third-order valence-corrected chi connectivity index (χ3v) is 2.32. The van der Waals surface area contributed by atoms with Crippen molar-refractivity contribution in [1.29, 1.82) is 0 Å². The Morgan fingerprint density at radius 2 is 2.06 bits per heavy atom. The average molecular weight is 239 g/mol. The van der Waals surface area contributed by atoms with E-state index in [1.54, 1.807) is 13.0 Å². The van der Waals surface area contributed by atoms with Gasteiger partial charge in [-0.15, -0.1) is 0 Å².